The van der Waals surface area contributed by atoms with E-state index in [2.05, 4.69) is 10.1 Å². The normalized spacial score (nSPS) is 14.6. The predicted molar refractivity (Wildman–Crippen MR) is 95.8 cm³/mol. The van der Waals surface area contributed by atoms with Crippen LogP contribution in [-0.4, -0.2) is 32.1 Å². The van der Waals surface area contributed by atoms with Gasteiger partial charge in [-0.3, -0.25) is 9.78 Å². The van der Waals surface area contributed by atoms with Gasteiger partial charge in [0, 0.05) is 31.1 Å². The average molecular weight is 397 g/mol. The number of carbonyl (C=O) groups is 1. The van der Waals surface area contributed by atoms with Crippen molar-refractivity contribution in [3.05, 3.63) is 54.0 Å². The highest BCUT2D eigenvalue weighted by Gasteiger charge is 2.37. The van der Waals surface area contributed by atoms with E-state index >= 15 is 0 Å². The van der Waals surface area contributed by atoms with Crippen molar-refractivity contribution in [2.24, 2.45) is 0 Å². The van der Waals surface area contributed by atoms with Crippen LogP contribution in [0, 0.1) is 0 Å². The number of carbonyl (C=O) groups excluding carboxylic acids is 1. The molecule has 5 nitrogen and oxygen atoms in total. The zero-order chi connectivity index (χ0) is 18.3. The number of fused-ring (bicyclic) bond motifs is 1. The lowest BCUT2D eigenvalue weighted by atomic mass is 10.2. The van der Waals surface area contributed by atoms with Crippen LogP contribution in [-0.2, 0) is 17.5 Å². The molecule has 2 aromatic heterocycles. The number of alkyl halides is 3. The van der Waals surface area contributed by atoms with Gasteiger partial charge < -0.3 is 4.90 Å². The van der Waals surface area contributed by atoms with E-state index in [1.165, 1.54) is 23.1 Å². The second kappa shape index (κ2) is 7.19. The van der Waals surface area contributed by atoms with Crippen LogP contribution in [0.5, 0.6) is 0 Å². The molecule has 0 atom stereocenters. The number of hydrogen-bond acceptors (Lipinski definition) is 3. The third kappa shape index (κ3) is 3.62. The highest BCUT2D eigenvalue weighted by Crippen LogP contribution is 2.34. The molecular formula is C18H16ClF3N4O. The van der Waals surface area contributed by atoms with Crippen LogP contribution in [0.15, 0.2) is 42.7 Å². The number of pyridine rings is 1. The van der Waals surface area contributed by atoms with Gasteiger partial charge >= 0.3 is 6.18 Å². The molecule has 1 fully saturated rings. The largest absolute Gasteiger partial charge is 0.435 e. The molecule has 27 heavy (non-hydrogen) atoms. The molecule has 0 spiro atoms. The zero-order valence-corrected chi connectivity index (χ0v) is 14.9. The molecule has 0 unspecified atom stereocenters. The number of rotatable bonds is 3. The number of hydrogen-bond donors (Lipinski definition) is 0. The SMILES string of the molecule is Cl.O=C1CCCN1Cc1ccc(-n2nc(C(F)(F)F)c3ccncc32)cc1. The Labute approximate surface area is 159 Å². The van der Waals surface area contributed by atoms with Gasteiger partial charge in [-0.1, -0.05) is 12.1 Å². The van der Waals surface area contributed by atoms with E-state index < -0.39 is 11.9 Å². The standard InChI is InChI=1S/C18H15F3N4O.ClH/c19-18(20,21)17-14-7-8-22-10-15(14)25(23-17)13-5-3-12(4-6-13)11-24-9-1-2-16(24)26;/h3-8,10H,1-2,9,11H2;1H. The molecule has 1 aliphatic heterocycles. The van der Waals surface area contributed by atoms with Crippen LogP contribution in [0.3, 0.4) is 0 Å². The van der Waals surface area contributed by atoms with Crippen LogP contribution in [0.25, 0.3) is 16.6 Å². The number of benzene rings is 1. The van der Waals surface area contributed by atoms with Gasteiger partial charge in [0.05, 0.1) is 17.4 Å². The maximum absolute atomic E-state index is 13.2. The van der Waals surface area contributed by atoms with Gasteiger partial charge in [0.2, 0.25) is 5.91 Å². The summed E-state index contributed by atoms with van der Waals surface area (Å²) in [6.45, 7) is 1.25. The van der Waals surface area contributed by atoms with Gasteiger partial charge in [-0.25, -0.2) is 4.68 Å². The average Bonchev–Trinajstić information content (AvgIpc) is 3.19. The molecule has 1 aliphatic rings. The summed E-state index contributed by atoms with van der Waals surface area (Å²) in [5, 5.41) is 3.78. The van der Waals surface area contributed by atoms with Crippen molar-refractivity contribution in [1.29, 1.82) is 0 Å². The zero-order valence-electron chi connectivity index (χ0n) is 14.1. The van der Waals surface area contributed by atoms with Gasteiger partial charge in [-0.2, -0.15) is 18.3 Å². The lowest BCUT2D eigenvalue weighted by Gasteiger charge is -2.15. The smallest absolute Gasteiger partial charge is 0.338 e. The van der Waals surface area contributed by atoms with E-state index in [9.17, 15) is 18.0 Å². The molecule has 3 aromatic rings. The molecule has 142 valence electrons. The van der Waals surface area contributed by atoms with E-state index in [1.807, 2.05) is 0 Å². The van der Waals surface area contributed by atoms with E-state index in [0.717, 1.165) is 18.5 Å². The number of halogens is 4. The van der Waals surface area contributed by atoms with Crippen LogP contribution >= 0.6 is 12.4 Å². The molecule has 4 rings (SSSR count). The molecule has 9 heteroatoms. The Kier molecular flexibility index (Phi) is 5.10. The van der Waals surface area contributed by atoms with Crippen molar-refractivity contribution in [1.82, 2.24) is 19.7 Å². The van der Waals surface area contributed by atoms with Crippen LogP contribution in [0.2, 0.25) is 0 Å². The first kappa shape index (κ1) is 19.2. The first-order chi connectivity index (χ1) is 12.4. The minimum absolute atomic E-state index is 0. The van der Waals surface area contributed by atoms with E-state index in [1.54, 1.807) is 29.2 Å². The number of nitrogens with zero attached hydrogens (tertiary/aromatic N) is 4. The lowest BCUT2D eigenvalue weighted by Crippen LogP contribution is -2.23. The topological polar surface area (TPSA) is 51.0 Å². The van der Waals surface area contributed by atoms with Crippen molar-refractivity contribution in [2.45, 2.75) is 25.6 Å². The minimum atomic E-state index is -4.54. The lowest BCUT2D eigenvalue weighted by molar-refractivity contribution is -0.140. The molecule has 0 aliphatic carbocycles. The summed E-state index contributed by atoms with van der Waals surface area (Å²) in [6, 6.07) is 8.33. The molecule has 3 heterocycles. The summed E-state index contributed by atoms with van der Waals surface area (Å²) >= 11 is 0. The summed E-state index contributed by atoms with van der Waals surface area (Å²) in [5.74, 6) is 0.132. The minimum Gasteiger partial charge on any atom is -0.338 e. The maximum Gasteiger partial charge on any atom is 0.435 e. The van der Waals surface area contributed by atoms with Crippen molar-refractivity contribution < 1.29 is 18.0 Å². The Hall–Kier alpha value is -2.61. The van der Waals surface area contributed by atoms with Crippen LogP contribution < -0.4 is 0 Å². The Bertz CT molecular complexity index is 969. The van der Waals surface area contributed by atoms with Crippen LogP contribution in [0.1, 0.15) is 24.1 Å². The van der Waals surface area contributed by atoms with Gasteiger partial charge in [0.1, 0.15) is 0 Å². The highest BCUT2D eigenvalue weighted by atomic mass is 35.5. The molecule has 1 saturated heterocycles. The fourth-order valence-electron chi connectivity index (χ4n) is 3.20. The second-order valence-corrected chi connectivity index (χ2v) is 6.24. The molecule has 1 amide bonds. The monoisotopic (exact) mass is 396 g/mol. The Morgan fingerprint density at radius 1 is 1.11 bits per heavy atom. The summed E-state index contributed by atoms with van der Waals surface area (Å²) < 4.78 is 41.0. The highest BCUT2D eigenvalue weighted by molar-refractivity contribution is 5.85. The van der Waals surface area contributed by atoms with Crippen molar-refractivity contribution in [3.63, 3.8) is 0 Å². The van der Waals surface area contributed by atoms with Crippen molar-refractivity contribution in [3.8, 4) is 5.69 Å². The van der Waals surface area contributed by atoms with Gasteiger partial charge in [-0.15, -0.1) is 12.4 Å². The summed E-state index contributed by atoms with van der Waals surface area (Å²) in [7, 11) is 0. The first-order valence-corrected chi connectivity index (χ1v) is 8.20. The van der Waals surface area contributed by atoms with Gasteiger partial charge in [-0.05, 0) is 30.2 Å². The predicted octanol–water partition coefficient (Wildman–Crippen LogP) is 3.98. The maximum atomic E-state index is 13.2. The number of aromatic nitrogens is 3. The van der Waals surface area contributed by atoms with Crippen molar-refractivity contribution >= 4 is 29.2 Å². The molecule has 0 saturated carbocycles. The molecular weight excluding hydrogens is 381 g/mol. The third-order valence-corrected chi connectivity index (χ3v) is 4.48. The fourth-order valence-corrected chi connectivity index (χ4v) is 3.20. The Morgan fingerprint density at radius 2 is 1.85 bits per heavy atom. The summed E-state index contributed by atoms with van der Waals surface area (Å²) in [6.07, 6.45) is -0.414. The molecule has 0 bridgehead atoms. The summed E-state index contributed by atoms with van der Waals surface area (Å²) in [4.78, 5) is 17.4. The number of likely N-dealkylation sites (tertiary alicyclic amines) is 1. The summed E-state index contributed by atoms with van der Waals surface area (Å²) in [5.41, 5.74) is 0.800. The van der Waals surface area contributed by atoms with E-state index in [4.69, 9.17) is 0 Å². The molecule has 0 radical (unpaired) electrons. The Morgan fingerprint density at radius 3 is 2.48 bits per heavy atom. The third-order valence-electron chi connectivity index (χ3n) is 4.48. The van der Waals surface area contributed by atoms with Crippen LogP contribution in [0.4, 0.5) is 13.2 Å². The molecule has 1 aromatic carbocycles. The van der Waals surface area contributed by atoms with E-state index in [-0.39, 0.29) is 23.7 Å². The van der Waals surface area contributed by atoms with Gasteiger partial charge in [0.25, 0.3) is 0 Å². The second-order valence-electron chi connectivity index (χ2n) is 6.24. The van der Waals surface area contributed by atoms with Gasteiger partial charge in [0.15, 0.2) is 5.69 Å². The Balaban J connectivity index is 0.00000210. The molecule has 0 N–H and O–H groups in total. The first-order valence-electron chi connectivity index (χ1n) is 8.20. The quantitative estimate of drug-likeness (QED) is 0.672. The fraction of sp³-hybridized carbons (Fsp3) is 0.278. The van der Waals surface area contributed by atoms with Crippen molar-refractivity contribution in [2.75, 3.05) is 6.54 Å². The number of amides is 1. The van der Waals surface area contributed by atoms with E-state index in [0.29, 0.717) is 24.2 Å².